The summed E-state index contributed by atoms with van der Waals surface area (Å²) in [6.07, 6.45) is -0.540. The summed E-state index contributed by atoms with van der Waals surface area (Å²) < 4.78 is 5.17. The molecule has 104 valence electrons. The van der Waals surface area contributed by atoms with Gasteiger partial charge in [0, 0.05) is 6.42 Å². The molecule has 2 heterocycles. The van der Waals surface area contributed by atoms with Crippen LogP contribution in [-0.2, 0) is 16.0 Å². The monoisotopic (exact) mass is 298 g/mol. The number of ether oxygens (including phenoxy) is 1. The third kappa shape index (κ3) is 2.51. The van der Waals surface area contributed by atoms with Crippen molar-refractivity contribution in [3.63, 3.8) is 0 Å². The van der Waals surface area contributed by atoms with Crippen LogP contribution in [0.3, 0.4) is 0 Å². The molecule has 0 unspecified atom stereocenters. The number of rotatable bonds is 2. The zero-order valence-electron chi connectivity index (χ0n) is 10.8. The van der Waals surface area contributed by atoms with Gasteiger partial charge in [0.2, 0.25) is 0 Å². The summed E-state index contributed by atoms with van der Waals surface area (Å²) in [6.45, 7) is 0. The first-order valence-electron chi connectivity index (χ1n) is 6.26. The Balaban J connectivity index is 1.79. The zero-order chi connectivity index (χ0) is 14.8. The van der Waals surface area contributed by atoms with E-state index in [0.717, 1.165) is 5.56 Å². The number of hydrogen-bond acceptors (Lipinski definition) is 5. The van der Waals surface area contributed by atoms with Crippen molar-refractivity contribution in [3.05, 3.63) is 52.4 Å². The summed E-state index contributed by atoms with van der Waals surface area (Å²) in [4.78, 5) is 24.1. The second-order valence-corrected chi connectivity index (χ2v) is 5.44. The molecular formula is C15H10N2O3S. The predicted molar refractivity (Wildman–Crippen MR) is 77.0 cm³/mol. The molecule has 6 heteroatoms. The molecule has 0 saturated carbocycles. The Bertz CT molecular complexity index is 760. The van der Waals surface area contributed by atoms with Gasteiger partial charge in [-0.15, -0.1) is 11.3 Å². The van der Waals surface area contributed by atoms with E-state index in [0.29, 0.717) is 22.5 Å². The van der Waals surface area contributed by atoms with Gasteiger partial charge in [-0.2, -0.15) is 5.26 Å². The Labute approximate surface area is 124 Å². The number of nitriles is 1. The first-order chi connectivity index (χ1) is 10.2. The van der Waals surface area contributed by atoms with Crippen LogP contribution in [0.15, 0.2) is 35.7 Å². The third-order valence-electron chi connectivity index (χ3n) is 3.21. The molecule has 0 bridgehead atoms. The summed E-state index contributed by atoms with van der Waals surface area (Å²) in [7, 11) is 0. The zero-order valence-corrected chi connectivity index (χ0v) is 11.6. The summed E-state index contributed by atoms with van der Waals surface area (Å²) in [6, 6.07) is 10.7. The lowest BCUT2D eigenvalue weighted by Gasteiger charge is -2.23. The van der Waals surface area contributed by atoms with Gasteiger partial charge in [0.1, 0.15) is 11.1 Å². The summed E-state index contributed by atoms with van der Waals surface area (Å²) >= 11 is 1.26. The van der Waals surface area contributed by atoms with E-state index in [4.69, 9.17) is 10.00 Å². The SMILES string of the molecule is N#Cc1ccsc1NC(=O)[C@H]1Cc2ccccc2C(=O)O1. The lowest BCUT2D eigenvalue weighted by Crippen LogP contribution is -2.37. The van der Waals surface area contributed by atoms with E-state index in [-0.39, 0.29) is 0 Å². The normalized spacial score (nSPS) is 16.5. The van der Waals surface area contributed by atoms with Crippen molar-refractivity contribution < 1.29 is 14.3 Å². The maximum atomic E-state index is 12.2. The lowest BCUT2D eigenvalue weighted by molar-refractivity contribution is -0.125. The Morgan fingerprint density at radius 3 is 3.00 bits per heavy atom. The number of carbonyl (C=O) groups is 2. The van der Waals surface area contributed by atoms with Crippen LogP contribution in [0, 0.1) is 11.3 Å². The average molecular weight is 298 g/mol. The van der Waals surface area contributed by atoms with Gasteiger partial charge in [0.25, 0.3) is 5.91 Å². The van der Waals surface area contributed by atoms with Crippen LogP contribution >= 0.6 is 11.3 Å². The van der Waals surface area contributed by atoms with E-state index in [1.807, 2.05) is 18.2 Å². The largest absolute Gasteiger partial charge is 0.448 e. The van der Waals surface area contributed by atoms with Crippen molar-refractivity contribution in [1.82, 2.24) is 0 Å². The predicted octanol–water partition coefficient (Wildman–Crippen LogP) is 2.34. The van der Waals surface area contributed by atoms with E-state index < -0.39 is 18.0 Å². The topological polar surface area (TPSA) is 79.2 Å². The minimum atomic E-state index is -0.874. The number of amides is 1. The first kappa shape index (κ1) is 13.3. The van der Waals surface area contributed by atoms with Crippen LogP contribution in [0.1, 0.15) is 21.5 Å². The van der Waals surface area contributed by atoms with Gasteiger partial charge < -0.3 is 10.1 Å². The van der Waals surface area contributed by atoms with Crippen LogP contribution in [-0.4, -0.2) is 18.0 Å². The molecule has 1 amide bonds. The smallest absolute Gasteiger partial charge is 0.339 e. The van der Waals surface area contributed by atoms with Crippen LogP contribution in [0.4, 0.5) is 5.00 Å². The van der Waals surface area contributed by atoms with Crippen LogP contribution in [0.2, 0.25) is 0 Å². The van der Waals surface area contributed by atoms with Crippen molar-refractivity contribution in [2.24, 2.45) is 0 Å². The molecule has 1 aliphatic heterocycles. The van der Waals surface area contributed by atoms with Crippen LogP contribution in [0.5, 0.6) is 0 Å². The van der Waals surface area contributed by atoms with Crippen LogP contribution in [0.25, 0.3) is 0 Å². The van der Waals surface area contributed by atoms with Gasteiger partial charge in [-0.25, -0.2) is 4.79 Å². The summed E-state index contributed by atoms with van der Waals surface area (Å²) in [5.41, 5.74) is 1.69. The molecule has 1 N–H and O–H groups in total. The second kappa shape index (κ2) is 5.38. The maximum absolute atomic E-state index is 12.2. The average Bonchev–Trinajstić information content (AvgIpc) is 2.94. The molecule has 21 heavy (non-hydrogen) atoms. The molecule has 1 atom stereocenters. The molecular weight excluding hydrogens is 288 g/mol. The number of cyclic esters (lactones) is 1. The molecule has 3 rings (SSSR count). The number of esters is 1. The number of benzene rings is 1. The third-order valence-corrected chi connectivity index (χ3v) is 4.04. The highest BCUT2D eigenvalue weighted by Crippen LogP contribution is 2.25. The molecule has 2 aromatic rings. The van der Waals surface area contributed by atoms with E-state index in [1.54, 1.807) is 23.6 Å². The molecule has 5 nitrogen and oxygen atoms in total. The van der Waals surface area contributed by atoms with Crippen molar-refractivity contribution in [3.8, 4) is 6.07 Å². The quantitative estimate of drug-likeness (QED) is 0.863. The number of nitrogens with zero attached hydrogens (tertiary/aromatic N) is 1. The molecule has 0 fully saturated rings. The van der Waals surface area contributed by atoms with E-state index >= 15 is 0 Å². The maximum Gasteiger partial charge on any atom is 0.339 e. The number of fused-ring (bicyclic) bond motifs is 1. The molecule has 0 aliphatic carbocycles. The standard InChI is InChI=1S/C15H10N2O3S/c16-8-10-5-6-21-14(10)17-13(18)12-7-9-3-1-2-4-11(9)15(19)20-12/h1-6,12H,7H2,(H,17,18)/t12-/m1/s1. The van der Waals surface area contributed by atoms with Crippen molar-refractivity contribution in [1.29, 1.82) is 5.26 Å². The van der Waals surface area contributed by atoms with Gasteiger partial charge in [-0.1, -0.05) is 18.2 Å². The number of hydrogen-bond donors (Lipinski definition) is 1. The molecule has 1 aromatic carbocycles. The van der Waals surface area contributed by atoms with Crippen molar-refractivity contribution >= 4 is 28.2 Å². The fourth-order valence-corrected chi connectivity index (χ4v) is 2.90. The van der Waals surface area contributed by atoms with Crippen molar-refractivity contribution in [2.75, 3.05) is 5.32 Å². The fourth-order valence-electron chi connectivity index (χ4n) is 2.16. The highest BCUT2D eigenvalue weighted by atomic mass is 32.1. The van der Waals surface area contributed by atoms with E-state index in [9.17, 15) is 9.59 Å². The van der Waals surface area contributed by atoms with Gasteiger partial charge in [0.05, 0.1) is 11.1 Å². The van der Waals surface area contributed by atoms with E-state index in [1.165, 1.54) is 11.3 Å². The highest BCUT2D eigenvalue weighted by molar-refractivity contribution is 7.14. The number of anilines is 1. The molecule has 0 radical (unpaired) electrons. The molecule has 1 aromatic heterocycles. The molecule has 1 aliphatic rings. The van der Waals surface area contributed by atoms with E-state index in [2.05, 4.69) is 5.32 Å². The minimum absolute atomic E-state index is 0.334. The van der Waals surface area contributed by atoms with Gasteiger partial charge >= 0.3 is 5.97 Å². The first-order valence-corrected chi connectivity index (χ1v) is 7.14. The Morgan fingerprint density at radius 2 is 2.19 bits per heavy atom. The summed E-state index contributed by atoms with van der Waals surface area (Å²) in [5, 5.41) is 13.8. The number of nitrogens with one attached hydrogen (secondary N) is 1. The fraction of sp³-hybridized carbons (Fsp3) is 0.133. The minimum Gasteiger partial charge on any atom is -0.448 e. The second-order valence-electron chi connectivity index (χ2n) is 4.52. The van der Waals surface area contributed by atoms with Gasteiger partial charge in [-0.05, 0) is 23.1 Å². The van der Waals surface area contributed by atoms with Gasteiger partial charge in [0.15, 0.2) is 6.10 Å². The molecule has 0 spiro atoms. The van der Waals surface area contributed by atoms with Crippen LogP contribution < -0.4 is 5.32 Å². The Kier molecular flexibility index (Phi) is 3.42. The van der Waals surface area contributed by atoms with Gasteiger partial charge in [-0.3, -0.25) is 4.79 Å². The lowest BCUT2D eigenvalue weighted by atomic mass is 9.98. The number of carbonyl (C=O) groups excluding carboxylic acids is 2. The Hall–Kier alpha value is -2.65. The Morgan fingerprint density at radius 1 is 1.38 bits per heavy atom. The number of thiophene rings is 1. The summed E-state index contributed by atoms with van der Waals surface area (Å²) in [5.74, 6) is -0.916. The molecule has 0 saturated heterocycles. The van der Waals surface area contributed by atoms with Crippen molar-refractivity contribution in [2.45, 2.75) is 12.5 Å². The highest BCUT2D eigenvalue weighted by Gasteiger charge is 2.31.